The van der Waals surface area contributed by atoms with Gasteiger partial charge < -0.3 is 14.5 Å². The summed E-state index contributed by atoms with van der Waals surface area (Å²) in [5.41, 5.74) is 3.55. The van der Waals surface area contributed by atoms with Gasteiger partial charge in [-0.05, 0) is 69.4 Å². The molecule has 4 rings (SSSR count). The smallest absolute Gasteiger partial charge is 0.253 e. The number of carbonyl (C=O) groups is 2. The zero-order valence-corrected chi connectivity index (χ0v) is 19.6. The van der Waals surface area contributed by atoms with Crippen molar-refractivity contribution in [1.82, 2.24) is 9.80 Å². The van der Waals surface area contributed by atoms with E-state index in [4.69, 9.17) is 4.74 Å². The number of halogens is 1. The number of ether oxygens (including phenoxy) is 1. The molecule has 2 fully saturated rings. The number of nitrogens with zero attached hydrogens (tertiary/aromatic N) is 2. The van der Waals surface area contributed by atoms with Crippen molar-refractivity contribution in [3.8, 4) is 0 Å². The monoisotopic (exact) mass is 452 g/mol. The Hall–Kier alpha value is -2.73. The maximum atomic E-state index is 13.8. The van der Waals surface area contributed by atoms with Gasteiger partial charge in [-0.3, -0.25) is 9.59 Å². The normalized spacial score (nSPS) is 20.6. The van der Waals surface area contributed by atoms with Crippen molar-refractivity contribution < 1.29 is 18.7 Å². The Labute approximate surface area is 195 Å². The molecule has 2 aromatic rings. The summed E-state index contributed by atoms with van der Waals surface area (Å²) in [5, 5.41) is 0. The first kappa shape index (κ1) is 23.4. The highest BCUT2D eigenvalue weighted by atomic mass is 19.1. The summed E-state index contributed by atoms with van der Waals surface area (Å²) in [4.78, 5) is 30.4. The van der Waals surface area contributed by atoms with Crippen molar-refractivity contribution in [1.29, 1.82) is 0 Å². The number of piperidine rings is 1. The second-order valence-corrected chi connectivity index (χ2v) is 9.45. The van der Waals surface area contributed by atoms with Gasteiger partial charge in [-0.25, -0.2) is 4.39 Å². The standard InChI is InChI=1S/C27H33FN2O3/c1-19-12-20(2)14-23(13-19)27(32)29-10-4-7-22(17-29)26(31)30(18-25-9-5-11-33-25)16-21-6-3-8-24(28)15-21/h3,6,8,12-15,22,25H,4-5,7,9-11,16-18H2,1-2H3. The zero-order chi connectivity index (χ0) is 23.4. The highest BCUT2D eigenvalue weighted by Gasteiger charge is 2.33. The Morgan fingerprint density at radius 3 is 2.58 bits per heavy atom. The van der Waals surface area contributed by atoms with Crippen LogP contribution in [-0.4, -0.2) is 54.0 Å². The van der Waals surface area contributed by atoms with Gasteiger partial charge in [0.15, 0.2) is 0 Å². The maximum absolute atomic E-state index is 13.8. The maximum Gasteiger partial charge on any atom is 0.253 e. The molecule has 6 heteroatoms. The molecule has 0 aromatic heterocycles. The van der Waals surface area contributed by atoms with Crippen LogP contribution < -0.4 is 0 Å². The van der Waals surface area contributed by atoms with E-state index >= 15 is 0 Å². The largest absolute Gasteiger partial charge is 0.376 e. The third-order valence-corrected chi connectivity index (χ3v) is 6.55. The third-order valence-electron chi connectivity index (χ3n) is 6.55. The molecule has 5 nitrogen and oxygen atoms in total. The van der Waals surface area contributed by atoms with Crippen LogP contribution in [0.5, 0.6) is 0 Å². The lowest BCUT2D eigenvalue weighted by Crippen LogP contribution is -2.48. The molecule has 2 unspecified atom stereocenters. The van der Waals surface area contributed by atoms with Gasteiger partial charge in [-0.2, -0.15) is 0 Å². The van der Waals surface area contributed by atoms with E-state index < -0.39 is 0 Å². The zero-order valence-electron chi connectivity index (χ0n) is 19.6. The molecule has 2 saturated heterocycles. The lowest BCUT2D eigenvalue weighted by Gasteiger charge is -2.36. The van der Waals surface area contributed by atoms with Crippen molar-refractivity contribution in [3.63, 3.8) is 0 Å². The Balaban J connectivity index is 1.49. The SMILES string of the molecule is Cc1cc(C)cc(C(=O)N2CCCC(C(=O)N(Cc3cccc(F)c3)CC3CCCO3)C2)c1. The van der Waals surface area contributed by atoms with E-state index in [1.807, 2.05) is 36.9 Å². The number of hydrogen-bond donors (Lipinski definition) is 0. The van der Waals surface area contributed by atoms with Crippen LogP contribution in [0.2, 0.25) is 0 Å². The highest BCUT2D eigenvalue weighted by molar-refractivity contribution is 5.95. The highest BCUT2D eigenvalue weighted by Crippen LogP contribution is 2.24. The fourth-order valence-electron chi connectivity index (χ4n) is 5.02. The Kier molecular flexibility index (Phi) is 7.43. The molecule has 2 atom stereocenters. The van der Waals surface area contributed by atoms with Gasteiger partial charge in [0.1, 0.15) is 5.82 Å². The van der Waals surface area contributed by atoms with Gasteiger partial charge in [-0.1, -0.05) is 29.3 Å². The molecule has 0 spiro atoms. The fraction of sp³-hybridized carbons (Fsp3) is 0.481. The van der Waals surface area contributed by atoms with Gasteiger partial charge in [0.05, 0.1) is 12.0 Å². The molecule has 2 heterocycles. The van der Waals surface area contributed by atoms with Crippen molar-refractivity contribution in [2.45, 2.75) is 52.2 Å². The van der Waals surface area contributed by atoms with E-state index in [1.54, 1.807) is 11.0 Å². The Morgan fingerprint density at radius 2 is 1.88 bits per heavy atom. The number of hydrogen-bond acceptors (Lipinski definition) is 3. The number of aryl methyl sites for hydroxylation is 2. The number of amides is 2. The van der Waals surface area contributed by atoms with Gasteiger partial charge in [0, 0.05) is 38.3 Å². The Morgan fingerprint density at radius 1 is 1.09 bits per heavy atom. The molecule has 0 aliphatic carbocycles. The molecule has 2 aromatic carbocycles. The lowest BCUT2D eigenvalue weighted by atomic mass is 9.95. The van der Waals surface area contributed by atoms with E-state index in [0.29, 0.717) is 38.3 Å². The van der Waals surface area contributed by atoms with Crippen LogP contribution in [0.15, 0.2) is 42.5 Å². The van der Waals surface area contributed by atoms with Crippen LogP contribution in [0.1, 0.15) is 52.7 Å². The molecular formula is C27H33FN2O3. The molecule has 176 valence electrons. The molecule has 2 aliphatic rings. The topological polar surface area (TPSA) is 49.9 Å². The van der Waals surface area contributed by atoms with Gasteiger partial charge in [-0.15, -0.1) is 0 Å². The van der Waals surface area contributed by atoms with Gasteiger partial charge in [0.25, 0.3) is 5.91 Å². The minimum absolute atomic E-state index is 0.0131. The van der Waals surface area contributed by atoms with Crippen molar-refractivity contribution in [2.24, 2.45) is 5.92 Å². The quantitative estimate of drug-likeness (QED) is 0.648. The van der Waals surface area contributed by atoms with Crippen molar-refractivity contribution in [3.05, 3.63) is 70.5 Å². The molecule has 0 radical (unpaired) electrons. The summed E-state index contributed by atoms with van der Waals surface area (Å²) >= 11 is 0. The fourth-order valence-corrected chi connectivity index (χ4v) is 5.02. The molecular weight excluding hydrogens is 419 g/mol. The van der Waals surface area contributed by atoms with Crippen LogP contribution in [0, 0.1) is 25.6 Å². The molecule has 2 aliphatic heterocycles. The first-order valence-corrected chi connectivity index (χ1v) is 11.9. The minimum Gasteiger partial charge on any atom is -0.376 e. The second-order valence-electron chi connectivity index (χ2n) is 9.45. The van der Waals surface area contributed by atoms with Crippen LogP contribution in [-0.2, 0) is 16.1 Å². The molecule has 0 N–H and O–H groups in total. The third kappa shape index (κ3) is 5.99. The van der Waals surface area contributed by atoms with E-state index in [0.717, 1.165) is 42.4 Å². The first-order valence-electron chi connectivity index (χ1n) is 11.9. The summed E-state index contributed by atoms with van der Waals surface area (Å²) in [7, 11) is 0. The average Bonchev–Trinajstić information content (AvgIpc) is 3.30. The lowest BCUT2D eigenvalue weighted by molar-refractivity contribution is -0.139. The summed E-state index contributed by atoms with van der Waals surface area (Å²) in [6, 6.07) is 12.3. The predicted molar refractivity (Wildman–Crippen MR) is 125 cm³/mol. The van der Waals surface area contributed by atoms with E-state index in [-0.39, 0.29) is 29.7 Å². The number of carbonyl (C=O) groups excluding carboxylic acids is 2. The summed E-state index contributed by atoms with van der Waals surface area (Å²) in [6.07, 6.45) is 3.48. The predicted octanol–water partition coefficient (Wildman–Crippen LogP) is 4.50. The van der Waals surface area contributed by atoms with Gasteiger partial charge in [0.2, 0.25) is 5.91 Å². The Bertz CT molecular complexity index is 982. The van der Waals surface area contributed by atoms with E-state index in [2.05, 4.69) is 6.07 Å². The molecule has 2 amide bonds. The van der Waals surface area contributed by atoms with Crippen LogP contribution in [0.25, 0.3) is 0 Å². The van der Waals surface area contributed by atoms with Crippen LogP contribution >= 0.6 is 0 Å². The van der Waals surface area contributed by atoms with E-state index in [9.17, 15) is 14.0 Å². The van der Waals surface area contributed by atoms with Crippen LogP contribution in [0.4, 0.5) is 4.39 Å². The van der Waals surface area contributed by atoms with Crippen molar-refractivity contribution in [2.75, 3.05) is 26.2 Å². The number of likely N-dealkylation sites (tertiary alicyclic amines) is 1. The average molecular weight is 453 g/mol. The van der Waals surface area contributed by atoms with Crippen LogP contribution in [0.3, 0.4) is 0 Å². The molecule has 33 heavy (non-hydrogen) atoms. The minimum atomic E-state index is -0.306. The van der Waals surface area contributed by atoms with Gasteiger partial charge >= 0.3 is 0 Å². The molecule has 0 bridgehead atoms. The van der Waals surface area contributed by atoms with Crippen molar-refractivity contribution >= 4 is 11.8 Å². The number of rotatable bonds is 6. The second kappa shape index (κ2) is 10.5. The van der Waals surface area contributed by atoms with E-state index in [1.165, 1.54) is 12.1 Å². The summed E-state index contributed by atoms with van der Waals surface area (Å²) < 4.78 is 19.6. The summed E-state index contributed by atoms with van der Waals surface area (Å²) in [5.74, 6) is -0.564. The molecule has 0 saturated carbocycles. The number of benzene rings is 2. The summed E-state index contributed by atoms with van der Waals surface area (Å²) in [6.45, 7) is 6.60. The first-order chi connectivity index (χ1) is 15.9.